The summed E-state index contributed by atoms with van der Waals surface area (Å²) in [7, 11) is 1.69. The molecule has 1 aromatic carbocycles. The van der Waals surface area contributed by atoms with E-state index >= 15 is 0 Å². The first-order valence-corrected chi connectivity index (χ1v) is 6.20. The lowest BCUT2D eigenvalue weighted by Gasteiger charge is -2.14. The zero-order chi connectivity index (χ0) is 12.7. The summed E-state index contributed by atoms with van der Waals surface area (Å²) >= 11 is 0. The van der Waals surface area contributed by atoms with E-state index in [1.54, 1.807) is 7.11 Å². The van der Waals surface area contributed by atoms with Crippen LogP contribution < -0.4 is 10.5 Å². The monoisotopic (exact) mass is 273 g/mol. The van der Waals surface area contributed by atoms with Gasteiger partial charge in [-0.05, 0) is 43.0 Å². The van der Waals surface area contributed by atoms with Gasteiger partial charge in [-0.1, -0.05) is 13.0 Å². The number of hydrogen-bond acceptors (Lipinski definition) is 3. The van der Waals surface area contributed by atoms with Crippen LogP contribution in [0, 0.1) is 0 Å². The lowest BCUT2D eigenvalue weighted by atomic mass is 10.0. The number of nitrogens with two attached hydrogens (primary N) is 1. The normalized spacial score (nSPS) is 11.8. The maximum atomic E-state index is 5.99. The second-order valence-electron chi connectivity index (χ2n) is 4.16. The van der Waals surface area contributed by atoms with Crippen LogP contribution in [0.1, 0.15) is 31.4 Å². The molecule has 0 saturated heterocycles. The highest BCUT2D eigenvalue weighted by molar-refractivity contribution is 5.85. The van der Waals surface area contributed by atoms with Crippen molar-refractivity contribution in [3.63, 3.8) is 0 Å². The van der Waals surface area contributed by atoms with Crippen LogP contribution in [0.25, 0.3) is 0 Å². The summed E-state index contributed by atoms with van der Waals surface area (Å²) in [5.74, 6) is 0.911. The van der Waals surface area contributed by atoms with Crippen LogP contribution >= 0.6 is 12.4 Å². The van der Waals surface area contributed by atoms with Crippen molar-refractivity contribution in [2.45, 2.75) is 39.3 Å². The van der Waals surface area contributed by atoms with Crippen LogP contribution in [0.3, 0.4) is 0 Å². The van der Waals surface area contributed by atoms with Gasteiger partial charge in [0.25, 0.3) is 0 Å². The van der Waals surface area contributed by atoms with Gasteiger partial charge < -0.3 is 15.2 Å². The molecule has 0 aliphatic heterocycles. The molecule has 104 valence electrons. The molecule has 1 unspecified atom stereocenters. The Morgan fingerprint density at radius 3 is 2.56 bits per heavy atom. The highest BCUT2D eigenvalue weighted by Crippen LogP contribution is 2.22. The van der Waals surface area contributed by atoms with Crippen LogP contribution in [0.5, 0.6) is 5.75 Å². The average Bonchev–Trinajstić information content (AvgIpc) is 2.36. The molecule has 0 aliphatic carbocycles. The summed E-state index contributed by atoms with van der Waals surface area (Å²) in [6.45, 7) is 5.48. The second kappa shape index (κ2) is 9.20. The van der Waals surface area contributed by atoms with Gasteiger partial charge in [-0.3, -0.25) is 0 Å². The van der Waals surface area contributed by atoms with Gasteiger partial charge in [0.05, 0.1) is 13.7 Å². The summed E-state index contributed by atoms with van der Waals surface area (Å²) in [5, 5.41) is 0. The van der Waals surface area contributed by atoms with Gasteiger partial charge in [0.1, 0.15) is 5.75 Å². The molecule has 0 fully saturated rings. The number of benzene rings is 1. The molecule has 0 aliphatic rings. The van der Waals surface area contributed by atoms with E-state index in [1.165, 1.54) is 11.1 Å². The first kappa shape index (κ1) is 17.2. The number of methoxy groups -OCH3 is 1. The fourth-order valence-corrected chi connectivity index (χ4v) is 1.73. The summed E-state index contributed by atoms with van der Waals surface area (Å²) in [6, 6.07) is 6.34. The average molecular weight is 274 g/mol. The summed E-state index contributed by atoms with van der Waals surface area (Å²) in [5.41, 5.74) is 8.33. The fourth-order valence-electron chi connectivity index (χ4n) is 1.73. The van der Waals surface area contributed by atoms with Crippen LogP contribution in [-0.4, -0.2) is 19.8 Å². The zero-order valence-electron chi connectivity index (χ0n) is 11.4. The van der Waals surface area contributed by atoms with Gasteiger partial charge in [-0.15, -0.1) is 12.4 Å². The molecule has 0 spiro atoms. The van der Waals surface area contributed by atoms with Gasteiger partial charge in [0, 0.05) is 12.6 Å². The quantitative estimate of drug-likeness (QED) is 0.831. The predicted octanol–water partition coefficient (Wildman–Crippen LogP) is 2.93. The Kier molecular flexibility index (Phi) is 8.81. The van der Waals surface area contributed by atoms with Gasteiger partial charge in [0.2, 0.25) is 0 Å². The first-order valence-electron chi connectivity index (χ1n) is 6.20. The molecule has 0 aromatic heterocycles. The molecule has 4 heteroatoms. The van der Waals surface area contributed by atoms with Crippen LogP contribution in [0.4, 0.5) is 0 Å². The van der Waals surface area contributed by atoms with E-state index in [-0.39, 0.29) is 18.4 Å². The van der Waals surface area contributed by atoms with E-state index < -0.39 is 0 Å². The molecule has 0 saturated carbocycles. The third kappa shape index (κ3) is 5.25. The summed E-state index contributed by atoms with van der Waals surface area (Å²) < 4.78 is 10.8. The predicted molar refractivity (Wildman–Crippen MR) is 77.5 cm³/mol. The van der Waals surface area contributed by atoms with E-state index in [4.69, 9.17) is 15.2 Å². The molecule has 0 amide bonds. The van der Waals surface area contributed by atoms with Gasteiger partial charge in [0.15, 0.2) is 0 Å². The van der Waals surface area contributed by atoms with Gasteiger partial charge >= 0.3 is 0 Å². The van der Waals surface area contributed by atoms with Gasteiger partial charge in [-0.2, -0.15) is 0 Å². The van der Waals surface area contributed by atoms with Crippen molar-refractivity contribution in [1.82, 2.24) is 0 Å². The van der Waals surface area contributed by atoms with Crippen LogP contribution in [-0.2, 0) is 17.8 Å². The third-order valence-electron chi connectivity index (χ3n) is 2.82. The third-order valence-corrected chi connectivity index (χ3v) is 2.82. The lowest BCUT2D eigenvalue weighted by Crippen LogP contribution is -2.21. The van der Waals surface area contributed by atoms with E-state index in [1.807, 2.05) is 19.1 Å². The van der Waals surface area contributed by atoms with E-state index in [2.05, 4.69) is 13.0 Å². The van der Waals surface area contributed by atoms with Crippen LogP contribution in [0.2, 0.25) is 0 Å². The minimum atomic E-state index is 0. The van der Waals surface area contributed by atoms with Crippen molar-refractivity contribution < 1.29 is 9.47 Å². The zero-order valence-corrected chi connectivity index (χ0v) is 12.3. The minimum absolute atomic E-state index is 0. The Morgan fingerprint density at radius 2 is 2.00 bits per heavy atom. The van der Waals surface area contributed by atoms with Crippen molar-refractivity contribution in [3.05, 3.63) is 29.3 Å². The molecule has 0 bridgehead atoms. The molecule has 1 atom stereocenters. The van der Waals surface area contributed by atoms with Crippen molar-refractivity contribution in [2.75, 3.05) is 13.7 Å². The van der Waals surface area contributed by atoms with E-state index in [0.717, 1.165) is 25.2 Å². The number of rotatable bonds is 7. The fraction of sp³-hybridized carbons (Fsp3) is 0.571. The minimum Gasteiger partial charge on any atom is -0.496 e. The SMILES string of the molecule is CCOCc1ccc(OC)c(CC(N)CC)c1.Cl. The highest BCUT2D eigenvalue weighted by atomic mass is 35.5. The molecule has 18 heavy (non-hydrogen) atoms. The van der Waals surface area contributed by atoms with Gasteiger partial charge in [-0.25, -0.2) is 0 Å². The Balaban J connectivity index is 0.00000289. The Labute approximate surface area is 116 Å². The standard InChI is InChI=1S/C14H23NO2.ClH/c1-4-13(15)9-12-8-11(10-17-5-2)6-7-14(12)16-3;/h6-8,13H,4-5,9-10,15H2,1-3H3;1H. The first-order chi connectivity index (χ1) is 8.21. The van der Waals surface area contributed by atoms with Crippen molar-refractivity contribution in [1.29, 1.82) is 0 Å². The highest BCUT2D eigenvalue weighted by Gasteiger charge is 2.08. The Hall–Kier alpha value is -0.770. The molecule has 0 radical (unpaired) electrons. The maximum absolute atomic E-state index is 5.99. The number of hydrogen-bond donors (Lipinski definition) is 1. The van der Waals surface area contributed by atoms with Crippen molar-refractivity contribution >= 4 is 12.4 Å². The number of halogens is 1. The van der Waals surface area contributed by atoms with E-state index in [0.29, 0.717) is 6.61 Å². The molecule has 2 N–H and O–H groups in total. The summed E-state index contributed by atoms with van der Waals surface area (Å²) in [4.78, 5) is 0. The molecule has 0 heterocycles. The van der Waals surface area contributed by atoms with E-state index in [9.17, 15) is 0 Å². The Morgan fingerprint density at radius 1 is 1.28 bits per heavy atom. The smallest absolute Gasteiger partial charge is 0.122 e. The molecular formula is C14H24ClNO2. The largest absolute Gasteiger partial charge is 0.496 e. The van der Waals surface area contributed by atoms with Crippen LogP contribution in [0.15, 0.2) is 18.2 Å². The topological polar surface area (TPSA) is 44.5 Å². The second-order valence-corrected chi connectivity index (χ2v) is 4.16. The van der Waals surface area contributed by atoms with Crippen molar-refractivity contribution in [2.24, 2.45) is 5.73 Å². The molecule has 3 nitrogen and oxygen atoms in total. The molecule has 1 aromatic rings. The Bertz CT molecular complexity index is 345. The maximum Gasteiger partial charge on any atom is 0.122 e. The van der Waals surface area contributed by atoms with Crippen molar-refractivity contribution in [3.8, 4) is 5.75 Å². The molecule has 1 rings (SSSR count). The summed E-state index contributed by atoms with van der Waals surface area (Å²) in [6.07, 6.45) is 1.82. The molecular weight excluding hydrogens is 250 g/mol. The lowest BCUT2D eigenvalue weighted by molar-refractivity contribution is 0.134. The number of ether oxygens (including phenoxy) is 2.